The molecule has 0 aliphatic heterocycles. The first kappa shape index (κ1) is 12.4. The number of hydrogen-bond donors (Lipinski definition) is 2. The van der Waals surface area contributed by atoms with E-state index in [2.05, 4.69) is 10.3 Å². The van der Waals surface area contributed by atoms with Gasteiger partial charge in [-0.3, -0.25) is 4.79 Å². The summed E-state index contributed by atoms with van der Waals surface area (Å²) in [6, 6.07) is 13.4. The van der Waals surface area contributed by atoms with Crippen molar-refractivity contribution in [1.82, 2.24) is 4.98 Å². The highest BCUT2D eigenvalue weighted by molar-refractivity contribution is 6.07. The molecule has 0 aliphatic rings. The fourth-order valence-electron chi connectivity index (χ4n) is 2.24. The summed E-state index contributed by atoms with van der Waals surface area (Å²) in [5.41, 5.74) is 2.92. The standard InChI is InChI=1S/C16H13FN2O/c1-10-13-4-2-3-5-14(13)19-15(10)16(20)18-12-8-6-11(17)7-9-12/h2-9,19H,1H3,(H,18,20). The normalized spacial score (nSPS) is 10.7. The molecule has 0 aliphatic carbocycles. The fourth-order valence-corrected chi connectivity index (χ4v) is 2.24. The Hall–Kier alpha value is -2.62. The van der Waals surface area contributed by atoms with E-state index in [1.807, 2.05) is 31.2 Å². The Balaban J connectivity index is 1.92. The van der Waals surface area contributed by atoms with Crippen molar-refractivity contribution in [2.45, 2.75) is 6.92 Å². The summed E-state index contributed by atoms with van der Waals surface area (Å²) >= 11 is 0. The van der Waals surface area contributed by atoms with Crippen LogP contribution >= 0.6 is 0 Å². The molecule has 0 saturated heterocycles. The molecule has 1 aromatic heterocycles. The minimum atomic E-state index is -0.329. The highest BCUT2D eigenvalue weighted by Crippen LogP contribution is 2.22. The number of hydrogen-bond acceptors (Lipinski definition) is 1. The molecule has 0 radical (unpaired) electrons. The molecule has 3 aromatic rings. The van der Waals surface area contributed by atoms with E-state index in [-0.39, 0.29) is 11.7 Å². The minimum Gasteiger partial charge on any atom is -0.350 e. The van der Waals surface area contributed by atoms with Crippen LogP contribution in [0.5, 0.6) is 0 Å². The molecule has 2 aromatic carbocycles. The van der Waals surface area contributed by atoms with Crippen molar-refractivity contribution in [2.24, 2.45) is 0 Å². The Morgan fingerprint density at radius 2 is 1.80 bits per heavy atom. The number of amides is 1. The number of carbonyl (C=O) groups is 1. The van der Waals surface area contributed by atoms with Crippen LogP contribution in [0.3, 0.4) is 0 Å². The van der Waals surface area contributed by atoms with Gasteiger partial charge in [0.05, 0.1) is 0 Å². The van der Waals surface area contributed by atoms with Gasteiger partial charge in [-0.25, -0.2) is 4.39 Å². The number of aryl methyl sites for hydroxylation is 1. The van der Waals surface area contributed by atoms with E-state index in [1.54, 1.807) is 0 Å². The summed E-state index contributed by atoms with van der Waals surface area (Å²) in [6.07, 6.45) is 0. The molecule has 20 heavy (non-hydrogen) atoms. The lowest BCUT2D eigenvalue weighted by Gasteiger charge is -2.04. The van der Waals surface area contributed by atoms with Crippen molar-refractivity contribution in [1.29, 1.82) is 0 Å². The molecule has 0 saturated carbocycles. The van der Waals surface area contributed by atoms with Crippen molar-refractivity contribution in [3.8, 4) is 0 Å². The summed E-state index contributed by atoms with van der Waals surface area (Å²) in [5, 5.41) is 3.78. The first-order valence-corrected chi connectivity index (χ1v) is 6.29. The predicted octanol–water partition coefficient (Wildman–Crippen LogP) is 3.87. The molecule has 0 fully saturated rings. The average molecular weight is 268 g/mol. The van der Waals surface area contributed by atoms with E-state index in [1.165, 1.54) is 24.3 Å². The van der Waals surface area contributed by atoms with Crippen LogP contribution in [-0.4, -0.2) is 10.9 Å². The summed E-state index contributed by atoms with van der Waals surface area (Å²) < 4.78 is 12.8. The molecule has 0 atom stereocenters. The van der Waals surface area contributed by atoms with Gasteiger partial charge in [0.1, 0.15) is 11.5 Å². The van der Waals surface area contributed by atoms with Crippen molar-refractivity contribution in [3.05, 3.63) is 65.6 Å². The Morgan fingerprint density at radius 1 is 1.10 bits per heavy atom. The predicted molar refractivity (Wildman–Crippen MR) is 77.4 cm³/mol. The first-order valence-electron chi connectivity index (χ1n) is 6.29. The molecule has 100 valence electrons. The zero-order chi connectivity index (χ0) is 14.1. The van der Waals surface area contributed by atoms with Gasteiger partial charge in [0, 0.05) is 16.6 Å². The van der Waals surface area contributed by atoms with Crippen LogP contribution in [0.4, 0.5) is 10.1 Å². The van der Waals surface area contributed by atoms with Crippen LogP contribution in [0.2, 0.25) is 0 Å². The third kappa shape index (κ3) is 2.16. The van der Waals surface area contributed by atoms with Gasteiger partial charge in [0.15, 0.2) is 0 Å². The second kappa shape index (κ2) is 4.81. The van der Waals surface area contributed by atoms with E-state index in [4.69, 9.17) is 0 Å². The van der Waals surface area contributed by atoms with Crippen molar-refractivity contribution in [3.63, 3.8) is 0 Å². The van der Waals surface area contributed by atoms with Crippen LogP contribution in [-0.2, 0) is 0 Å². The molecule has 1 amide bonds. The lowest BCUT2D eigenvalue weighted by Crippen LogP contribution is -2.13. The van der Waals surface area contributed by atoms with Gasteiger partial charge < -0.3 is 10.3 Å². The lowest BCUT2D eigenvalue weighted by atomic mass is 10.1. The number of carbonyl (C=O) groups excluding carboxylic acids is 1. The molecule has 0 unspecified atom stereocenters. The van der Waals surface area contributed by atoms with Gasteiger partial charge in [-0.2, -0.15) is 0 Å². The SMILES string of the molecule is Cc1c(C(=O)Nc2ccc(F)cc2)[nH]c2ccccc12. The van der Waals surface area contributed by atoms with Crippen LogP contribution in [0, 0.1) is 12.7 Å². The van der Waals surface area contributed by atoms with Crippen molar-refractivity contribution < 1.29 is 9.18 Å². The van der Waals surface area contributed by atoms with Gasteiger partial charge in [0.2, 0.25) is 0 Å². The number of fused-ring (bicyclic) bond motifs is 1. The van der Waals surface area contributed by atoms with Crippen LogP contribution in [0.1, 0.15) is 16.1 Å². The number of rotatable bonds is 2. The topological polar surface area (TPSA) is 44.9 Å². The maximum Gasteiger partial charge on any atom is 0.272 e. The highest BCUT2D eigenvalue weighted by atomic mass is 19.1. The average Bonchev–Trinajstić information content (AvgIpc) is 2.79. The fraction of sp³-hybridized carbons (Fsp3) is 0.0625. The zero-order valence-corrected chi connectivity index (χ0v) is 10.9. The third-order valence-corrected chi connectivity index (χ3v) is 3.29. The summed E-state index contributed by atoms with van der Waals surface area (Å²) in [4.78, 5) is 15.4. The zero-order valence-electron chi connectivity index (χ0n) is 10.9. The van der Waals surface area contributed by atoms with E-state index >= 15 is 0 Å². The van der Waals surface area contributed by atoms with E-state index in [0.29, 0.717) is 11.4 Å². The van der Waals surface area contributed by atoms with Crippen molar-refractivity contribution >= 4 is 22.5 Å². The molecule has 0 spiro atoms. The monoisotopic (exact) mass is 268 g/mol. The number of aromatic amines is 1. The summed E-state index contributed by atoms with van der Waals surface area (Å²) in [5.74, 6) is -0.560. The number of benzene rings is 2. The van der Waals surface area contributed by atoms with Gasteiger partial charge in [-0.05, 0) is 42.8 Å². The van der Waals surface area contributed by atoms with Gasteiger partial charge in [-0.1, -0.05) is 18.2 Å². The number of aromatic nitrogens is 1. The molecular formula is C16H13FN2O. The van der Waals surface area contributed by atoms with Crippen molar-refractivity contribution in [2.75, 3.05) is 5.32 Å². The van der Waals surface area contributed by atoms with Gasteiger partial charge in [0.25, 0.3) is 5.91 Å². The van der Waals surface area contributed by atoms with Crippen LogP contribution in [0.25, 0.3) is 10.9 Å². The minimum absolute atomic E-state index is 0.231. The van der Waals surface area contributed by atoms with Gasteiger partial charge >= 0.3 is 0 Å². The first-order chi connectivity index (χ1) is 9.65. The Labute approximate surface area is 115 Å². The lowest BCUT2D eigenvalue weighted by molar-refractivity contribution is 0.102. The Kier molecular flexibility index (Phi) is 2.99. The molecular weight excluding hydrogens is 255 g/mol. The maximum atomic E-state index is 12.8. The number of para-hydroxylation sites is 1. The van der Waals surface area contributed by atoms with E-state index in [9.17, 15) is 9.18 Å². The molecule has 3 rings (SSSR count). The third-order valence-electron chi connectivity index (χ3n) is 3.29. The molecule has 0 bridgehead atoms. The summed E-state index contributed by atoms with van der Waals surface area (Å²) in [7, 11) is 0. The van der Waals surface area contributed by atoms with E-state index < -0.39 is 0 Å². The second-order valence-electron chi connectivity index (χ2n) is 4.63. The summed E-state index contributed by atoms with van der Waals surface area (Å²) in [6.45, 7) is 1.90. The number of nitrogens with one attached hydrogen (secondary N) is 2. The van der Waals surface area contributed by atoms with Crippen LogP contribution in [0.15, 0.2) is 48.5 Å². The largest absolute Gasteiger partial charge is 0.350 e. The quantitative estimate of drug-likeness (QED) is 0.728. The van der Waals surface area contributed by atoms with Crippen LogP contribution < -0.4 is 5.32 Å². The van der Waals surface area contributed by atoms with Gasteiger partial charge in [-0.15, -0.1) is 0 Å². The Bertz CT molecular complexity index is 775. The maximum absolute atomic E-state index is 12.8. The number of anilines is 1. The Morgan fingerprint density at radius 3 is 2.50 bits per heavy atom. The number of H-pyrrole nitrogens is 1. The molecule has 1 heterocycles. The molecule has 2 N–H and O–H groups in total. The van der Waals surface area contributed by atoms with E-state index in [0.717, 1.165) is 16.5 Å². The number of halogens is 1. The highest BCUT2D eigenvalue weighted by Gasteiger charge is 2.14. The second-order valence-corrected chi connectivity index (χ2v) is 4.63. The smallest absolute Gasteiger partial charge is 0.272 e. The molecule has 4 heteroatoms. The molecule has 3 nitrogen and oxygen atoms in total.